The van der Waals surface area contributed by atoms with Crippen molar-refractivity contribution < 1.29 is 27.5 Å². The summed E-state index contributed by atoms with van der Waals surface area (Å²) in [4.78, 5) is 45.0. The van der Waals surface area contributed by atoms with Crippen LogP contribution in [0.3, 0.4) is 0 Å². The number of fused-ring (bicyclic) bond motifs is 1. The lowest BCUT2D eigenvalue weighted by molar-refractivity contribution is -0.151. The molecular formula is C21H28N4O7S2. The Balaban J connectivity index is 1.61. The van der Waals surface area contributed by atoms with Crippen molar-refractivity contribution in [2.75, 3.05) is 46.0 Å². The van der Waals surface area contributed by atoms with Crippen molar-refractivity contribution in [2.45, 2.75) is 38.1 Å². The lowest BCUT2D eigenvalue weighted by atomic mass is 9.98. The molecule has 4 heterocycles. The van der Waals surface area contributed by atoms with E-state index >= 15 is 0 Å². The smallest absolute Gasteiger partial charge is 0.310 e. The Morgan fingerprint density at radius 2 is 2.00 bits per heavy atom. The molecule has 2 aliphatic rings. The van der Waals surface area contributed by atoms with Crippen LogP contribution in [0.5, 0.6) is 0 Å². The number of carbonyl (C=O) groups is 2. The largest absolute Gasteiger partial charge is 0.466 e. The standard InChI is InChI=1S/C21H28N4O7S2/c1-3-32-21(28)15-5-4-6-23(11-15)16(26)12-24-13-22-19-17(20(24)27)18(14(2)33-19)34(29,30)25-7-9-31-10-8-25/h13,15H,3-12H2,1-2H3/t15-/m0/s1. The first-order chi connectivity index (χ1) is 16.2. The number of aryl methyl sites for hydroxylation is 1. The molecule has 2 saturated heterocycles. The second-order valence-corrected chi connectivity index (χ2v) is 11.4. The van der Waals surface area contributed by atoms with Gasteiger partial charge in [0.05, 0.1) is 37.5 Å². The van der Waals surface area contributed by atoms with Gasteiger partial charge in [0.2, 0.25) is 15.9 Å². The number of thiophene rings is 1. The highest BCUT2D eigenvalue weighted by Gasteiger charge is 2.33. The van der Waals surface area contributed by atoms with E-state index in [1.54, 1.807) is 18.7 Å². The van der Waals surface area contributed by atoms with Gasteiger partial charge in [-0.25, -0.2) is 13.4 Å². The second kappa shape index (κ2) is 10.1. The van der Waals surface area contributed by atoms with Gasteiger partial charge in [-0.3, -0.25) is 19.0 Å². The first-order valence-corrected chi connectivity index (χ1v) is 13.5. The Hall–Kier alpha value is -2.35. The molecule has 34 heavy (non-hydrogen) atoms. The monoisotopic (exact) mass is 512 g/mol. The van der Waals surface area contributed by atoms with Crippen molar-refractivity contribution in [3.05, 3.63) is 21.6 Å². The van der Waals surface area contributed by atoms with Crippen LogP contribution in [0.15, 0.2) is 16.0 Å². The fourth-order valence-electron chi connectivity index (χ4n) is 4.35. The van der Waals surface area contributed by atoms with E-state index in [9.17, 15) is 22.8 Å². The molecule has 0 aliphatic carbocycles. The average molecular weight is 513 g/mol. The van der Waals surface area contributed by atoms with Crippen LogP contribution < -0.4 is 5.56 Å². The normalized spacial score (nSPS) is 19.9. The molecule has 2 aliphatic heterocycles. The summed E-state index contributed by atoms with van der Waals surface area (Å²) in [5, 5.41) is 0.00679. The van der Waals surface area contributed by atoms with Crippen LogP contribution in [0.4, 0.5) is 0 Å². The van der Waals surface area contributed by atoms with Crippen molar-refractivity contribution in [3.63, 3.8) is 0 Å². The van der Waals surface area contributed by atoms with Crippen molar-refractivity contribution in [3.8, 4) is 0 Å². The van der Waals surface area contributed by atoms with Crippen molar-refractivity contribution >= 4 is 43.5 Å². The van der Waals surface area contributed by atoms with Crippen LogP contribution in [-0.4, -0.2) is 85.1 Å². The zero-order valence-corrected chi connectivity index (χ0v) is 20.8. The van der Waals surface area contributed by atoms with E-state index < -0.39 is 15.6 Å². The topological polar surface area (TPSA) is 128 Å². The molecular weight excluding hydrogens is 484 g/mol. The summed E-state index contributed by atoms with van der Waals surface area (Å²) in [7, 11) is -3.92. The molecule has 0 saturated carbocycles. The van der Waals surface area contributed by atoms with Gasteiger partial charge in [-0.1, -0.05) is 0 Å². The van der Waals surface area contributed by atoms with E-state index in [1.165, 1.54) is 10.6 Å². The summed E-state index contributed by atoms with van der Waals surface area (Å²) < 4.78 is 39.5. The first-order valence-electron chi connectivity index (χ1n) is 11.2. The number of ether oxygens (including phenoxy) is 2. The highest BCUT2D eigenvalue weighted by Crippen LogP contribution is 2.33. The summed E-state index contributed by atoms with van der Waals surface area (Å²) >= 11 is 1.14. The maximum atomic E-state index is 13.4. The zero-order valence-electron chi connectivity index (χ0n) is 19.2. The van der Waals surface area contributed by atoms with Gasteiger partial charge < -0.3 is 14.4 Å². The Bertz CT molecular complexity index is 1250. The Morgan fingerprint density at radius 3 is 2.71 bits per heavy atom. The minimum atomic E-state index is -3.92. The molecule has 11 nitrogen and oxygen atoms in total. The quantitative estimate of drug-likeness (QED) is 0.515. The predicted octanol–water partition coefficient (Wildman–Crippen LogP) is 0.589. The third-order valence-corrected chi connectivity index (χ3v) is 9.28. The molecule has 1 amide bonds. The summed E-state index contributed by atoms with van der Waals surface area (Å²) in [6, 6.07) is 0. The Kier molecular flexibility index (Phi) is 7.36. The molecule has 0 radical (unpaired) electrons. The number of nitrogens with zero attached hydrogens (tertiary/aromatic N) is 4. The van der Waals surface area contributed by atoms with E-state index in [1.807, 2.05) is 0 Å². The van der Waals surface area contributed by atoms with Gasteiger partial charge in [-0.15, -0.1) is 11.3 Å². The number of sulfonamides is 1. The number of hydrogen-bond donors (Lipinski definition) is 0. The van der Waals surface area contributed by atoms with Gasteiger partial charge in [0, 0.05) is 31.1 Å². The van der Waals surface area contributed by atoms with Gasteiger partial charge in [0.1, 0.15) is 16.3 Å². The van der Waals surface area contributed by atoms with E-state index in [2.05, 4.69) is 4.98 Å². The number of amides is 1. The zero-order chi connectivity index (χ0) is 24.5. The highest BCUT2D eigenvalue weighted by molar-refractivity contribution is 7.89. The first kappa shape index (κ1) is 24.8. The maximum absolute atomic E-state index is 13.4. The van der Waals surface area contributed by atoms with Gasteiger partial charge in [-0.05, 0) is 26.7 Å². The number of morpholine rings is 1. The van der Waals surface area contributed by atoms with Gasteiger partial charge in [0.25, 0.3) is 5.56 Å². The molecule has 186 valence electrons. The number of aromatic nitrogens is 2. The fraction of sp³-hybridized carbons (Fsp3) is 0.619. The second-order valence-electron chi connectivity index (χ2n) is 8.29. The molecule has 13 heteroatoms. The Morgan fingerprint density at radius 1 is 1.26 bits per heavy atom. The van der Waals surface area contributed by atoms with Crippen molar-refractivity contribution in [2.24, 2.45) is 5.92 Å². The molecule has 1 atom stereocenters. The van der Waals surface area contributed by atoms with Crippen LogP contribution in [0.25, 0.3) is 10.2 Å². The minimum absolute atomic E-state index is 0.00679. The Labute approximate surface area is 201 Å². The van der Waals surface area contributed by atoms with Crippen LogP contribution in [0, 0.1) is 12.8 Å². The maximum Gasteiger partial charge on any atom is 0.310 e. The minimum Gasteiger partial charge on any atom is -0.466 e. The fourth-order valence-corrected chi connectivity index (χ4v) is 7.43. The van der Waals surface area contributed by atoms with Crippen LogP contribution in [-0.2, 0) is 35.6 Å². The molecule has 2 aromatic rings. The molecule has 0 unspecified atom stereocenters. The highest BCUT2D eigenvalue weighted by atomic mass is 32.2. The van der Waals surface area contributed by atoms with Crippen molar-refractivity contribution in [1.82, 2.24) is 18.8 Å². The average Bonchev–Trinajstić information content (AvgIpc) is 3.19. The third-order valence-electron chi connectivity index (χ3n) is 6.07. The number of esters is 1. The summed E-state index contributed by atoms with van der Waals surface area (Å²) in [6.45, 7) is 5.09. The summed E-state index contributed by atoms with van der Waals surface area (Å²) in [5.41, 5.74) is -0.575. The van der Waals surface area contributed by atoms with E-state index in [0.29, 0.717) is 42.3 Å². The number of rotatable bonds is 6. The molecule has 0 aromatic carbocycles. The molecule has 2 fully saturated rings. The molecule has 0 spiro atoms. The number of piperidine rings is 1. The van der Waals surface area contributed by atoms with E-state index in [4.69, 9.17) is 9.47 Å². The van der Waals surface area contributed by atoms with E-state index in [-0.39, 0.29) is 60.9 Å². The van der Waals surface area contributed by atoms with Crippen LogP contribution >= 0.6 is 11.3 Å². The molecule has 2 aromatic heterocycles. The summed E-state index contributed by atoms with van der Waals surface area (Å²) in [6.07, 6.45) is 2.58. The SMILES string of the molecule is CCOC(=O)[C@H]1CCCN(C(=O)Cn2cnc3sc(C)c(S(=O)(=O)N4CCOCC4)c3c2=O)C1. The van der Waals surface area contributed by atoms with Crippen LogP contribution in [0.1, 0.15) is 24.6 Å². The number of hydrogen-bond acceptors (Lipinski definition) is 9. The van der Waals surface area contributed by atoms with E-state index in [0.717, 1.165) is 15.9 Å². The van der Waals surface area contributed by atoms with Gasteiger partial charge >= 0.3 is 5.97 Å². The molecule has 0 bridgehead atoms. The molecule has 0 N–H and O–H groups in total. The predicted molar refractivity (Wildman–Crippen MR) is 124 cm³/mol. The van der Waals surface area contributed by atoms with Crippen LogP contribution in [0.2, 0.25) is 0 Å². The van der Waals surface area contributed by atoms with Gasteiger partial charge in [-0.2, -0.15) is 4.31 Å². The number of likely N-dealkylation sites (tertiary alicyclic amines) is 1. The lowest BCUT2D eigenvalue weighted by Gasteiger charge is -2.31. The third kappa shape index (κ3) is 4.74. The molecule has 4 rings (SSSR count). The lowest BCUT2D eigenvalue weighted by Crippen LogP contribution is -2.45. The van der Waals surface area contributed by atoms with Gasteiger partial charge in [0.15, 0.2) is 0 Å². The number of carbonyl (C=O) groups excluding carboxylic acids is 2. The summed E-state index contributed by atoms with van der Waals surface area (Å²) in [5.74, 6) is -1.05. The van der Waals surface area contributed by atoms with Crippen molar-refractivity contribution in [1.29, 1.82) is 0 Å².